The average molecular weight is 439 g/mol. The van der Waals surface area contributed by atoms with Gasteiger partial charge in [0.25, 0.3) is 11.6 Å². The maximum atomic E-state index is 13.1. The number of amides is 1. The van der Waals surface area contributed by atoms with E-state index in [1.165, 1.54) is 12.1 Å². The molecule has 0 radical (unpaired) electrons. The molecule has 1 atom stereocenters. The first-order valence-corrected chi connectivity index (χ1v) is 11.0. The van der Waals surface area contributed by atoms with Crippen molar-refractivity contribution in [1.29, 1.82) is 0 Å². The molecule has 1 N–H and O–H groups in total. The monoisotopic (exact) mass is 438 g/mol. The molecule has 1 saturated carbocycles. The Bertz CT molecular complexity index is 976. The van der Waals surface area contributed by atoms with E-state index in [1.807, 2.05) is 30.3 Å². The third kappa shape index (κ3) is 5.93. The molecule has 0 aliphatic heterocycles. The number of rotatable bonds is 6. The number of nitro groups is 1. The van der Waals surface area contributed by atoms with Crippen LogP contribution in [0.4, 0.5) is 5.69 Å². The van der Waals surface area contributed by atoms with E-state index < -0.39 is 28.4 Å². The van der Waals surface area contributed by atoms with E-state index in [0.29, 0.717) is 5.56 Å². The highest BCUT2D eigenvalue weighted by Crippen LogP contribution is 2.30. The highest BCUT2D eigenvalue weighted by molar-refractivity contribution is 6.00. The van der Waals surface area contributed by atoms with Crippen LogP contribution in [0.5, 0.6) is 0 Å². The lowest BCUT2D eigenvalue weighted by Crippen LogP contribution is -2.49. The van der Waals surface area contributed by atoms with Crippen LogP contribution < -0.4 is 5.32 Å². The highest BCUT2D eigenvalue weighted by Gasteiger charge is 2.35. The largest absolute Gasteiger partial charge is 0.458 e. The van der Waals surface area contributed by atoms with Crippen molar-refractivity contribution in [3.05, 3.63) is 64.2 Å². The number of nitro benzene ring substituents is 1. The predicted octanol–water partition coefficient (Wildman–Crippen LogP) is 5.28. The molecule has 0 spiro atoms. The number of nitrogens with zero attached hydrogens (tertiary/aromatic N) is 1. The fraction of sp³-hybridized carbons (Fsp3) is 0.440. The Morgan fingerprint density at radius 3 is 2.28 bits per heavy atom. The molecule has 1 fully saturated rings. The maximum absolute atomic E-state index is 13.1. The molecule has 1 amide bonds. The van der Waals surface area contributed by atoms with E-state index >= 15 is 0 Å². The van der Waals surface area contributed by atoms with Gasteiger partial charge in [-0.1, -0.05) is 55.7 Å². The van der Waals surface area contributed by atoms with Gasteiger partial charge in [0, 0.05) is 6.07 Å². The Morgan fingerprint density at radius 1 is 1.03 bits per heavy atom. The summed E-state index contributed by atoms with van der Waals surface area (Å²) in [4.78, 5) is 37.2. The molecule has 32 heavy (non-hydrogen) atoms. The fourth-order valence-electron chi connectivity index (χ4n) is 4.11. The van der Waals surface area contributed by atoms with Gasteiger partial charge in [-0.3, -0.25) is 14.9 Å². The summed E-state index contributed by atoms with van der Waals surface area (Å²) in [5.41, 5.74) is 0.397. The number of carbonyl (C=O) groups is 2. The molecular weight excluding hydrogens is 408 g/mol. The zero-order chi connectivity index (χ0) is 23.3. The normalized spacial score (nSPS) is 15.6. The molecule has 3 rings (SSSR count). The van der Waals surface area contributed by atoms with Crippen LogP contribution in [0.15, 0.2) is 48.5 Å². The van der Waals surface area contributed by atoms with Crippen molar-refractivity contribution in [3.63, 3.8) is 0 Å². The number of nitrogens with one attached hydrogen (secondary N) is 1. The van der Waals surface area contributed by atoms with Gasteiger partial charge < -0.3 is 10.1 Å². The SMILES string of the molecule is CC(C)(C)OC(=O)[C@@H](NC(=O)c1ccc(-c2ccccc2)cc1[N+](=O)[O-])C1CCCCC1. The Kier molecular flexibility index (Phi) is 7.28. The van der Waals surface area contributed by atoms with Crippen molar-refractivity contribution in [1.82, 2.24) is 5.32 Å². The molecule has 0 bridgehead atoms. The Hall–Kier alpha value is -3.22. The van der Waals surface area contributed by atoms with E-state index in [2.05, 4.69) is 5.32 Å². The quantitative estimate of drug-likeness (QED) is 0.376. The number of esters is 1. The van der Waals surface area contributed by atoms with Crippen LogP contribution >= 0.6 is 0 Å². The minimum Gasteiger partial charge on any atom is -0.458 e. The highest BCUT2D eigenvalue weighted by atomic mass is 16.6. The second-order valence-electron chi connectivity index (χ2n) is 9.24. The van der Waals surface area contributed by atoms with Crippen LogP contribution in [0.25, 0.3) is 11.1 Å². The van der Waals surface area contributed by atoms with Crippen molar-refractivity contribution >= 4 is 17.6 Å². The first kappa shape index (κ1) is 23.4. The van der Waals surface area contributed by atoms with Crippen LogP contribution in [-0.4, -0.2) is 28.4 Å². The molecule has 1 aliphatic rings. The summed E-state index contributed by atoms with van der Waals surface area (Å²) in [7, 11) is 0. The molecule has 0 aromatic heterocycles. The summed E-state index contributed by atoms with van der Waals surface area (Å²) in [5.74, 6) is -1.19. The smallest absolute Gasteiger partial charge is 0.329 e. The predicted molar refractivity (Wildman–Crippen MR) is 122 cm³/mol. The van der Waals surface area contributed by atoms with E-state index in [9.17, 15) is 19.7 Å². The van der Waals surface area contributed by atoms with E-state index in [4.69, 9.17) is 4.74 Å². The number of hydrogen-bond donors (Lipinski definition) is 1. The molecule has 0 heterocycles. The fourth-order valence-corrected chi connectivity index (χ4v) is 4.11. The van der Waals surface area contributed by atoms with Crippen LogP contribution in [0.2, 0.25) is 0 Å². The molecule has 7 heteroatoms. The maximum Gasteiger partial charge on any atom is 0.329 e. The molecule has 2 aromatic rings. The summed E-state index contributed by atoms with van der Waals surface area (Å²) < 4.78 is 5.56. The molecule has 7 nitrogen and oxygen atoms in total. The second-order valence-corrected chi connectivity index (χ2v) is 9.24. The van der Waals surface area contributed by atoms with Crippen molar-refractivity contribution < 1.29 is 19.2 Å². The Balaban J connectivity index is 1.89. The molecule has 170 valence electrons. The van der Waals surface area contributed by atoms with Crippen LogP contribution in [-0.2, 0) is 9.53 Å². The van der Waals surface area contributed by atoms with Crippen LogP contribution in [0, 0.1) is 16.0 Å². The lowest BCUT2D eigenvalue weighted by atomic mass is 9.83. The lowest BCUT2D eigenvalue weighted by Gasteiger charge is -2.31. The van der Waals surface area contributed by atoms with Crippen molar-refractivity contribution in [2.75, 3.05) is 0 Å². The number of ether oxygens (including phenoxy) is 1. The molecule has 0 unspecified atom stereocenters. The van der Waals surface area contributed by atoms with Gasteiger partial charge in [0.15, 0.2) is 0 Å². The minimum absolute atomic E-state index is 0.0507. The molecule has 1 aliphatic carbocycles. The Morgan fingerprint density at radius 2 is 1.69 bits per heavy atom. The number of benzene rings is 2. The first-order valence-electron chi connectivity index (χ1n) is 11.0. The zero-order valence-corrected chi connectivity index (χ0v) is 18.8. The van der Waals surface area contributed by atoms with Crippen LogP contribution in [0.3, 0.4) is 0 Å². The number of carbonyl (C=O) groups excluding carboxylic acids is 2. The van der Waals surface area contributed by atoms with E-state index in [0.717, 1.165) is 37.7 Å². The van der Waals surface area contributed by atoms with Crippen molar-refractivity contribution in [2.24, 2.45) is 5.92 Å². The third-order valence-electron chi connectivity index (χ3n) is 5.61. The molecular formula is C25H30N2O5. The van der Waals surface area contributed by atoms with Crippen molar-refractivity contribution in [3.8, 4) is 11.1 Å². The second kappa shape index (κ2) is 9.94. The lowest BCUT2D eigenvalue weighted by molar-refractivity contribution is -0.385. The van der Waals surface area contributed by atoms with E-state index in [1.54, 1.807) is 26.8 Å². The Labute approximate surface area is 188 Å². The summed E-state index contributed by atoms with van der Waals surface area (Å²) in [6.45, 7) is 5.33. The standard InChI is InChI=1S/C25H30N2O5/c1-25(2,3)32-24(29)22(18-12-8-5-9-13-18)26-23(28)20-15-14-19(16-21(20)27(30)31)17-10-6-4-7-11-17/h4,6-7,10-11,14-16,18,22H,5,8-9,12-13H2,1-3H3,(H,26,28)/t22-/m0/s1. The van der Waals surface area contributed by atoms with Crippen molar-refractivity contribution in [2.45, 2.75) is 64.5 Å². The van der Waals surface area contributed by atoms with Gasteiger partial charge in [0.05, 0.1) is 4.92 Å². The minimum atomic E-state index is -0.838. The molecule has 2 aromatic carbocycles. The van der Waals surface area contributed by atoms with Gasteiger partial charge in [-0.15, -0.1) is 0 Å². The van der Waals surface area contributed by atoms with Gasteiger partial charge in [-0.25, -0.2) is 4.79 Å². The summed E-state index contributed by atoms with van der Waals surface area (Å²) >= 11 is 0. The first-order chi connectivity index (χ1) is 15.2. The summed E-state index contributed by atoms with van der Waals surface area (Å²) in [5, 5.41) is 14.5. The summed E-state index contributed by atoms with van der Waals surface area (Å²) in [6.07, 6.45) is 4.66. The van der Waals surface area contributed by atoms with Gasteiger partial charge in [-0.05, 0) is 56.7 Å². The number of hydrogen-bond acceptors (Lipinski definition) is 5. The average Bonchev–Trinajstić information content (AvgIpc) is 2.76. The van der Waals surface area contributed by atoms with Gasteiger partial charge in [0.2, 0.25) is 0 Å². The van der Waals surface area contributed by atoms with Gasteiger partial charge in [-0.2, -0.15) is 0 Å². The van der Waals surface area contributed by atoms with Gasteiger partial charge >= 0.3 is 5.97 Å². The summed E-state index contributed by atoms with van der Waals surface area (Å²) in [6, 6.07) is 12.9. The topological polar surface area (TPSA) is 98.5 Å². The van der Waals surface area contributed by atoms with Crippen LogP contribution in [0.1, 0.15) is 63.2 Å². The zero-order valence-electron chi connectivity index (χ0n) is 18.8. The van der Waals surface area contributed by atoms with Gasteiger partial charge in [0.1, 0.15) is 17.2 Å². The van der Waals surface area contributed by atoms with E-state index in [-0.39, 0.29) is 17.2 Å². The third-order valence-corrected chi connectivity index (χ3v) is 5.61. The molecule has 0 saturated heterocycles.